The van der Waals surface area contributed by atoms with Gasteiger partial charge in [0.15, 0.2) is 5.03 Å². The molecule has 1 fully saturated rings. The van der Waals surface area contributed by atoms with Crippen LogP contribution < -0.4 is 15.4 Å². The molecule has 9 nitrogen and oxygen atoms in total. The lowest BCUT2D eigenvalue weighted by atomic mass is 9.97. The molecule has 0 aromatic carbocycles. The Kier molecular flexibility index (Phi) is 5.58. The van der Waals surface area contributed by atoms with Crippen LogP contribution in [-0.4, -0.2) is 43.0 Å². The molecule has 10 heteroatoms. The van der Waals surface area contributed by atoms with Crippen LogP contribution in [0.5, 0.6) is 0 Å². The Bertz CT molecular complexity index is 1190. The molecule has 0 radical (unpaired) electrons. The monoisotopic (exact) mass is 457 g/mol. The second kappa shape index (κ2) is 8.09. The van der Waals surface area contributed by atoms with Crippen LogP contribution in [0, 0.1) is 5.92 Å². The Labute approximate surface area is 187 Å². The Morgan fingerprint density at radius 2 is 2.03 bits per heavy atom. The van der Waals surface area contributed by atoms with E-state index in [-0.39, 0.29) is 21.9 Å². The molecule has 32 heavy (non-hydrogen) atoms. The zero-order chi connectivity index (χ0) is 23.1. The second-order valence-corrected chi connectivity index (χ2v) is 10.5. The van der Waals surface area contributed by atoms with E-state index < -0.39 is 15.9 Å². The third-order valence-electron chi connectivity index (χ3n) is 5.74. The fraction of sp³-hybridized carbons (Fsp3) is 0.409. The highest BCUT2D eigenvalue weighted by atomic mass is 32.2. The predicted molar refractivity (Wildman–Crippen MR) is 121 cm³/mol. The maximum atomic E-state index is 13.2. The summed E-state index contributed by atoms with van der Waals surface area (Å²) in [6, 6.07) is 7.56. The van der Waals surface area contributed by atoms with Crippen molar-refractivity contribution in [1.29, 1.82) is 0 Å². The van der Waals surface area contributed by atoms with Gasteiger partial charge < -0.3 is 15.4 Å². The molecule has 0 saturated carbocycles. The molecule has 0 unspecified atom stereocenters. The van der Waals surface area contributed by atoms with E-state index in [0.717, 1.165) is 18.4 Å². The summed E-state index contributed by atoms with van der Waals surface area (Å²) < 4.78 is 33.0. The summed E-state index contributed by atoms with van der Waals surface area (Å²) in [6.07, 6.45) is 3.34. The molecule has 3 N–H and O–H groups in total. The van der Waals surface area contributed by atoms with Crippen LogP contribution in [0.4, 0.5) is 11.6 Å². The number of rotatable bonds is 5. The molecule has 0 aliphatic carbocycles. The first-order valence-corrected chi connectivity index (χ1v) is 11.9. The van der Waals surface area contributed by atoms with E-state index in [1.807, 2.05) is 0 Å². The van der Waals surface area contributed by atoms with Gasteiger partial charge in [0.1, 0.15) is 11.6 Å². The summed E-state index contributed by atoms with van der Waals surface area (Å²) in [5.74, 6) is 0.140. The number of hydrogen-bond donors (Lipinski definition) is 2. The number of anilines is 2. The largest absolute Gasteiger partial charge is 0.500 e. The number of aromatic nitrogens is 2. The van der Waals surface area contributed by atoms with Gasteiger partial charge in [0, 0.05) is 24.1 Å². The van der Waals surface area contributed by atoms with E-state index in [1.165, 1.54) is 18.2 Å². The predicted octanol–water partition coefficient (Wildman–Crippen LogP) is 2.56. The fourth-order valence-corrected chi connectivity index (χ4v) is 5.30. The summed E-state index contributed by atoms with van der Waals surface area (Å²) >= 11 is 0. The van der Waals surface area contributed by atoms with Crippen molar-refractivity contribution in [3.8, 4) is 0 Å². The fourth-order valence-electron chi connectivity index (χ4n) is 4.36. The first-order valence-electron chi connectivity index (χ1n) is 10.5. The van der Waals surface area contributed by atoms with E-state index in [2.05, 4.69) is 35.4 Å². The van der Waals surface area contributed by atoms with Crippen molar-refractivity contribution in [3.05, 3.63) is 47.9 Å². The number of pyridine rings is 2. The molecular formula is C22H27N5O4S. The minimum absolute atomic E-state index is 0.0480. The van der Waals surface area contributed by atoms with Gasteiger partial charge in [-0.1, -0.05) is 13.0 Å². The lowest BCUT2D eigenvalue weighted by Gasteiger charge is -2.34. The number of nitrogens with one attached hydrogen (secondary N) is 1. The van der Waals surface area contributed by atoms with Gasteiger partial charge in [-0.2, -0.15) is 8.42 Å². The maximum absolute atomic E-state index is 13.2. The van der Waals surface area contributed by atoms with Crippen molar-refractivity contribution in [2.24, 2.45) is 5.92 Å². The van der Waals surface area contributed by atoms with Gasteiger partial charge >= 0.3 is 0 Å². The van der Waals surface area contributed by atoms with Gasteiger partial charge in [0.2, 0.25) is 0 Å². The molecule has 4 rings (SSSR count). The number of carbonyl (C=O) groups excluding carboxylic acids is 1. The van der Waals surface area contributed by atoms with E-state index in [1.54, 1.807) is 18.4 Å². The maximum Gasteiger partial charge on any atom is 0.281 e. The highest BCUT2D eigenvalue weighted by molar-refractivity contribution is 7.90. The van der Waals surface area contributed by atoms with E-state index in [4.69, 9.17) is 15.5 Å². The smallest absolute Gasteiger partial charge is 0.281 e. The van der Waals surface area contributed by atoms with Crippen molar-refractivity contribution in [3.63, 3.8) is 0 Å². The second-order valence-electron chi connectivity index (χ2n) is 8.90. The Balaban J connectivity index is 1.73. The molecule has 1 amide bonds. The van der Waals surface area contributed by atoms with Crippen molar-refractivity contribution < 1.29 is 17.9 Å². The molecule has 1 saturated heterocycles. The lowest BCUT2D eigenvalue weighted by Crippen LogP contribution is -2.41. The van der Waals surface area contributed by atoms with Crippen LogP contribution in [0.2, 0.25) is 0 Å². The van der Waals surface area contributed by atoms with Crippen LogP contribution >= 0.6 is 0 Å². The van der Waals surface area contributed by atoms with Crippen LogP contribution in [0.1, 0.15) is 49.7 Å². The Morgan fingerprint density at radius 1 is 1.25 bits per heavy atom. The molecule has 170 valence electrons. The van der Waals surface area contributed by atoms with Crippen LogP contribution in [0.3, 0.4) is 0 Å². The first-order chi connectivity index (χ1) is 15.1. The molecule has 2 aliphatic heterocycles. The SMILES string of the molecule is C[C@@H]1CN(c2nc(C3=COCC3)ccc2C(=O)NS(=O)(=O)c2cccc(N)n2)C(C)(C)C1. The Morgan fingerprint density at radius 3 is 2.66 bits per heavy atom. The van der Waals surface area contributed by atoms with Gasteiger partial charge in [-0.3, -0.25) is 4.79 Å². The normalized spacial score (nSPS) is 20.0. The van der Waals surface area contributed by atoms with Crippen molar-refractivity contribution >= 4 is 33.1 Å². The third kappa shape index (κ3) is 4.27. The molecule has 2 aliphatic rings. The van der Waals surface area contributed by atoms with Gasteiger partial charge in [-0.05, 0) is 50.5 Å². The summed E-state index contributed by atoms with van der Waals surface area (Å²) in [5, 5.41) is -0.319. The highest BCUT2D eigenvalue weighted by Gasteiger charge is 2.39. The van der Waals surface area contributed by atoms with E-state index in [9.17, 15) is 13.2 Å². The number of sulfonamides is 1. The van der Waals surface area contributed by atoms with Gasteiger partial charge in [-0.15, -0.1) is 0 Å². The molecule has 4 heterocycles. The first kappa shape index (κ1) is 22.1. The standard InChI is InChI=1S/C22H27N5O4S/c1-14-11-22(2,3)27(12-14)20-16(7-8-17(24-20)15-9-10-31-13-15)21(28)26-32(29,30)19-6-4-5-18(23)25-19/h4-8,13-14H,9-12H2,1-3H3,(H2,23,25)(H,26,28)/t14-/m0/s1. The summed E-state index contributed by atoms with van der Waals surface area (Å²) in [6.45, 7) is 7.64. The van der Waals surface area contributed by atoms with E-state index in [0.29, 0.717) is 30.6 Å². The molecule has 1 atom stereocenters. The van der Waals surface area contributed by atoms with Gasteiger partial charge in [-0.25, -0.2) is 14.7 Å². The number of ether oxygens (including phenoxy) is 1. The van der Waals surface area contributed by atoms with Crippen molar-refractivity contribution in [1.82, 2.24) is 14.7 Å². The zero-order valence-electron chi connectivity index (χ0n) is 18.3. The highest BCUT2D eigenvalue weighted by Crippen LogP contribution is 2.38. The summed E-state index contributed by atoms with van der Waals surface area (Å²) in [7, 11) is -4.20. The van der Waals surface area contributed by atoms with Gasteiger partial charge in [0.25, 0.3) is 15.9 Å². The number of carbonyl (C=O) groups is 1. The minimum Gasteiger partial charge on any atom is -0.500 e. The van der Waals surface area contributed by atoms with Crippen LogP contribution in [-0.2, 0) is 14.8 Å². The lowest BCUT2D eigenvalue weighted by molar-refractivity contribution is 0.0981. The number of amides is 1. The molecule has 2 aromatic rings. The quantitative estimate of drug-likeness (QED) is 0.701. The average molecular weight is 458 g/mol. The summed E-state index contributed by atoms with van der Waals surface area (Å²) in [5.41, 5.74) is 7.20. The summed E-state index contributed by atoms with van der Waals surface area (Å²) in [4.78, 5) is 23.9. The number of nitrogens with zero attached hydrogens (tertiary/aromatic N) is 3. The molecule has 2 aromatic heterocycles. The van der Waals surface area contributed by atoms with E-state index >= 15 is 0 Å². The topological polar surface area (TPSA) is 128 Å². The zero-order valence-corrected chi connectivity index (χ0v) is 19.1. The van der Waals surface area contributed by atoms with Crippen molar-refractivity contribution in [2.75, 3.05) is 23.8 Å². The minimum atomic E-state index is -4.20. The number of hydrogen-bond acceptors (Lipinski definition) is 8. The number of nitrogens with two attached hydrogens (primary N) is 1. The molecule has 0 spiro atoms. The number of nitrogen functional groups attached to an aromatic ring is 1. The molecule has 0 bridgehead atoms. The van der Waals surface area contributed by atoms with Gasteiger partial charge in [0.05, 0.1) is 24.1 Å². The third-order valence-corrected chi connectivity index (χ3v) is 6.97. The molecular weight excluding hydrogens is 430 g/mol. The van der Waals surface area contributed by atoms with Crippen molar-refractivity contribution in [2.45, 2.75) is 44.2 Å². The average Bonchev–Trinajstić information content (AvgIpc) is 3.34. The van der Waals surface area contributed by atoms with Crippen LogP contribution in [0.15, 0.2) is 41.6 Å². The Hall–Kier alpha value is -3.14. The van der Waals surface area contributed by atoms with Crippen LogP contribution in [0.25, 0.3) is 5.57 Å².